The van der Waals surface area contributed by atoms with Gasteiger partial charge in [0.1, 0.15) is 6.10 Å². The molecule has 0 aliphatic carbocycles. The smallest absolute Gasteiger partial charge is 0.329 e. The van der Waals surface area contributed by atoms with Crippen molar-refractivity contribution in [3.05, 3.63) is 0 Å². The molecule has 54 valence electrons. The molecule has 3 nitrogen and oxygen atoms in total. The van der Waals surface area contributed by atoms with Gasteiger partial charge in [-0.3, -0.25) is 0 Å². The van der Waals surface area contributed by atoms with Crippen LogP contribution < -0.4 is 0 Å². The largest absolute Gasteiger partial charge is 0.411 e. The SMILES string of the molecule is C[Si](C)(O)OCC1CO1. The zero-order valence-electron chi connectivity index (χ0n) is 5.76. The first kappa shape index (κ1) is 7.21. The lowest BCUT2D eigenvalue weighted by atomic mass is 10.5. The highest BCUT2D eigenvalue weighted by molar-refractivity contribution is 6.63. The molecule has 1 aliphatic rings. The lowest BCUT2D eigenvalue weighted by Gasteiger charge is -2.12. The Labute approximate surface area is 55.8 Å². The summed E-state index contributed by atoms with van der Waals surface area (Å²) in [7, 11) is -2.26. The number of ether oxygens (including phenoxy) is 1. The Morgan fingerprint density at radius 3 is 2.67 bits per heavy atom. The predicted molar refractivity (Wildman–Crippen MR) is 35.4 cm³/mol. The van der Waals surface area contributed by atoms with E-state index in [-0.39, 0.29) is 6.10 Å². The average Bonchev–Trinajstić information content (AvgIpc) is 2.38. The van der Waals surface area contributed by atoms with Gasteiger partial charge in [-0.15, -0.1) is 0 Å². The van der Waals surface area contributed by atoms with Crippen molar-refractivity contribution >= 4 is 8.56 Å². The minimum Gasteiger partial charge on any atom is -0.411 e. The van der Waals surface area contributed by atoms with E-state index in [1.165, 1.54) is 0 Å². The zero-order valence-corrected chi connectivity index (χ0v) is 6.76. The van der Waals surface area contributed by atoms with Crippen molar-refractivity contribution in [2.45, 2.75) is 19.2 Å². The number of hydrogen-bond donors (Lipinski definition) is 1. The maximum Gasteiger partial charge on any atom is 0.329 e. The van der Waals surface area contributed by atoms with Crippen LogP contribution in [0.1, 0.15) is 0 Å². The number of hydrogen-bond acceptors (Lipinski definition) is 3. The molecule has 1 atom stereocenters. The van der Waals surface area contributed by atoms with Crippen molar-refractivity contribution in [1.29, 1.82) is 0 Å². The lowest BCUT2D eigenvalue weighted by Crippen LogP contribution is -2.31. The van der Waals surface area contributed by atoms with Gasteiger partial charge in [0.15, 0.2) is 0 Å². The molecule has 1 fully saturated rings. The van der Waals surface area contributed by atoms with Gasteiger partial charge in [0.05, 0.1) is 13.2 Å². The Kier molecular flexibility index (Phi) is 1.90. The molecule has 0 aromatic rings. The van der Waals surface area contributed by atoms with E-state index in [1.54, 1.807) is 13.1 Å². The summed E-state index contributed by atoms with van der Waals surface area (Å²) >= 11 is 0. The van der Waals surface area contributed by atoms with Crippen molar-refractivity contribution in [2.24, 2.45) is 0 Å². The molecule has 9 heavy (non-hydrogen) atoms. The molecule has 1 N–H and O–H groups in total. The van der Waals surface area contributed by atoms with E-state index in [0.717, 1.165) is 6.61 Å². The van der Waals surface area contributed by atoms with Crippen LogP contribution in [0.4, 0.5) is 0 Å². The zero-order chi connectivity index (χ0) is 6.91. The second-order valence-electron chi connectivity index (χ2n) is 2.71. The van der Waals surface area contributed by atoms with Gasteiger partial charge in [-0.2, -0.15) is 0 Å². The maximum absolute atomic E-state index is 9.16. The van der Waals surface area contributed by atoms with Gasteiger partial charge in [0, 0.05) is 0 Å². The summed E-state index contributed by atoms with van der Waals surface area (Å²) in [4.78, 5) is 9.16. The Morgan fingerprint density at radius 2 is 2.33 bits per heavy atom. The molecule has 0 amide bonds. The molecule has 0 aromatic carbocycles. The number of epoxide rings is 1. The molecule has 1 unspecified atom stereocenters. The van der Waals surface area contributed by atoms with Crippen LogP contribution in [-0.2, 0) is 9.16 Å². The van der Waals surface area contributed by atoms with Crippen LogP contribution in [-0.4, -0.2) is 32.7 Å². The first-order chi connectivity index (χ1) is 4.08. The molecular formula is C5H12O3Si. The topological polar surface area (TPSA) is 42.0 Å². The summed E-state index contributed by atoms with van der Waals surface area (Å²) in [6.07, 6.45) is 0.268. The first-order valence-corrected chi connectivity index (χ1v) is 5.91. The predicted octanol–water partition coefficient (Wildman–Crippen LogP) is 0.0959. The van der Waals surface area contributed by atoms with Gasteiger partial charge in [-0.25, -0.2) is 0 Å². The van der Waals surface area contributed by atoms with E-state index in [0.29, 0.717) is 6.61 Å². The molecule has 0 aromatic heterocycles. The normalized spacial score (nSPS) is 26.3. The van der Waals surface area contributed by atoms with E-state index in [9.17, 15) is 0 Å². The quantitative estimate of drug-likeness (QED) is 0.456. The minimum absolute atomic E-state index is 0.268. The highest BCUT2D eigenvalue weighted by Gasteiger charge is 2.27. The fraction of sp³-hybridized carbons (Fsp3) is 1.00. The van der Waals surface area contributed by atoms with Crippen LogP contribution in [0.3, 0.4) is 0 Å². The monoisotopic (exact) mass is 148 g/mol. The summed E-state index contributed by atoms with van der Waals surface area (Å²) < 4.78 is 10.0. The molecule has 1 heterocycles. The van der Waals surface area contributed by atoms with Crippen LogP contribution in [0.2, 0.25) is 13.1 Å². The Hall–Kier alpha value is 0.0969. The van der Waals surface area contributed by atoms with Crippen molar-refractivity contribution < 1.29 is 14.0 Å². The second kappa shape index (κ2) is 2.38. The van der Waals surface area contributed by atoms with Crippen LogP contribution in [0.5, 0.6) is 0 Å². The molecule has 4 heteroatoms. The third-order valence-electron chi connectivity index (χ3n) is 1.02. The van der Waals surface area contributed by atoms with E-state index < -0.39 is 8.56 Å². The molecule has 1 aliphatic heterocycles. The second-order valence-corrected chi connectivity index (χ2v) is 5.90. The minimum atomic E-state index is -2.26. The fourth-order valence-corrected chi connectivity index (χ4v) is 1.05. The Morgan fingerprint density at radius 1 is 1.78 bits per heavy atom. The maximum atomic E-state index is 9.16. The van der Waals surface area contributed by atoms with Gasteiger partial charge in [0.2, 0.25) is 0 Å². The van der Waals surface area contributed by atoms with E-state index in [2.05, 4.69) is 0 Å². The fourth-order valence-electron chi connectivity index (χ4n) is 0.461. The van der Waals surface area contributed by atoms with E-state index in [1.807, 2.05) is 0 Å². The summed E-state index contributed by atoms with van der Waals surface area (Å²) in [6.45, 7) is 4.85. The summed E-state index contributed by atoms with van der Waals surface area (Å²) in [5.74, 6) is 0. The summed E-state index contributed by atoms with van der Waals surface area (Å²) in [6, 6.07) is 0. The first-order valence-electron chi connectivity index (χ1n) is 3.06. The van der Waals surface area contributed by atoms with Crippen LogP contribution >= 0.6 is 0 Å². The summed E-state index contributed by atoms with van der Waals surface area (Å²) in [5, 5.41) is 0. The van der Waals surface area contributed by atoms with E-state index in [4.69, 9.17) is 14.0 Å². The number of rotatable bonds is 3. The molecule has 0 bridgehead atoms. The molecule has 0 radical (unpaired) electrons. The Balaban J connectivity index is 2.03. The standard InChI is InChI=1S/C5H12O3Si/c1-9(2,6)8-4-5-3-7-5/h5-6H,3-4H2,1-2H3. The average molecular weight is 148 g/mol. The van der Waals surface area contributed by atoms with Gasteiger partial charge in [-0.05, 0) is 13.1 Å². The van der Waals surface area contributed by atoms with E-state index >= 15 is 0 Å². The molecular weight excluding hydrogens is 136 g/mol. The van der Waals surface area contributed by atoms with Crippen molar-refractivity contribution in [2.75, 3.05) is 13.2 Å². The molecule has 1 saturated heterocycles. The Bertz CT molecular complexity index is 94.9. The van der Waals surface area contributed by atoms with Gasteiger partial charge >= 0.3 is 8.56 Å². The molecule has 1 rings (SSSR count). The van der Waals surface area contributed by atoms with Gasteiger partial charge < -0.3 is 14.0 Å². The molecule has 0 saturated carbocycles. The third kappa shape index (κ3) is 3.64. The summed E-state index contributed by atoms with van der Waals surface area (Å²) in [5.41, 5.74) is 0. The third-order valence-corrected chi connectivity index (χ3v) is 1.90. The van der Waals surface area contributed by atoms with Gasteiger partial charge in [0.25, 0.3) is 0 Å². The van der Waals surface area contributed by atoms with Crippen molar-refractivity contribution in [3.8, 4) is 0 Å². The highest BCUT2D eigenvalue weighted by Crippen LogP contribution is 2.11. The van der Waals surface area contributed by atoms with Crippen LogP contribution in [0, 0.1) is 0 Å². The van der Waals surface area contributed by atoms with Crippen molar-refractivity contribution in [1.82, 2.24) is 0 Å². The van der Waals surface area contributed by atoms with Crippen LogP contribution in [0.15, 0.2) is 0 Å². The van der Waals surface area contributed by atoms with Gasteiger partial charge in [-0.1, -0.05) is 0 Å². The highest BCUT2D eigenvalue weighted by atomic mass is 28.4. The van der Waals surface area contributed by atoms with Crippen molar-refractivity contribution in [3.63, 3.8) is 0 Å². The van der Waals surface area contributed by atoms with Crippen LogP contribution in [0.25, 0.3) is 0 Å². The lowest BCUT2D eigenvalue weighted by molar-refractivity contribution is 0.211. The molecule has 0 spiro atoms.